The summed E-state index contributed by atoms with van der Waals surface area (Å²) in [5, 5.41) is 6.23. The number of fused-ring (bicyclic) bond motifs is 1. The lowest BCUT2D eigenvalue weighted by Gasteiger charge is -2.07. The van der Waals surface area contributed by atoms with Gasteiger partial charge < -0.3 is 10.1 Å². The average molecular weight is 414 g/mol. The zero-order valence-electron chi connectivity index (χ0n) is 15.6. The molecule has 6 nitrogen and oxygen atoms in total. The molecular weight excluding hydrogens is 394 g/mol. The molecule has 0 spiro atoms. The summed E-state index contributed by atoms with van der Waals surface area (Å²) in [5.74, 6) is -0.669. The Morgan fingerprint density at radius 2 is 1.79 bits per heavy atom. The molecule has 0 bridgehead atoms. The topological polar surface area (TPSA) is 80.3 Å². The maximum atomic E-state index is 12.2. The highest BCUT2D eigenvalue weighted by Crippen LogP contribution is 2.27. The lowest BCUT2D eigenvalue weighted by Crippen LogP contribution is -2.34. The highest BCUT2D eigenvalue weighted by Gasteiger charge is 2.13. The molecule has 3 rings (SSSR count). The maximum Gasteiger partial charge on any atom is 0.338 e. The lowest BCUT2D eigenvalue weighted by molar-refractivity contribution is 0.0378. The third-order valence-corrected chi connectivity index (χ3v) is 4.87. The second-order valence-electron chi connectivity index (χ2n) is 6.43. The van der Waals surface area contributed by atoms with Crippen LogP contribution in [0.4, 0.5) is 5.13 Å². The van der Waals surface area contributed by atoms with Gasteiger partial charge in [-0.15, -0.1) is 0 Å². The fourth-order valence-corrected chi connectivity index (χ4v) is 3.56. The number of hydrogen-bond acceptors (Lipinski definition) is 6. The molecule has 0 unspecified atom stereocenters. The summed E-state index contributed by atoms with van der Waals surface area (Å²) in [5.41, 5.74) is 2.78. The first kappa shape index (κ1) is 19.9. The first-order valence-electron chi connectivity index (χ1n) is 8.62. The number of anilines is 1. The number of nitrogens with one attached hydrogen (secondary N) is 2. The van der Waals surface area contributed by atoms with Gasteiger partial charge in [-0.1, -0.05) is 29.0 Å². The van der Waals surface area contributed by atoms with Gasteiger partial charge in [-0.05, 0) is 63.3 Å². The lowest BCUT2D eigenvalue weighted by atomic mass is 10.1. The standard InChI is InChI=1S/C20H19N3O3S2/c1-11(2)26-18(25)14-8-9-15-16(10-14)28-20(21-15)23-19(27)22-17(24)13-6-4-12(3)5-7-13/h4-11H,1-3H3,(H2,21,22,23,24,27). The molecule has 0 atom stereocenters. The quantitative estimate of drug-likeness (QED) is 0.490. The molecule has 3 aromatic rings. The van der Waals surface area contributed by atoms with Gasteiger partial charge in [0.25, 0.3) is 5.91 Å². The van der Waals surface area contributed by atoms with Gasteiger partial charge in [0, 0.05) is 5.56 Å². The van der Waals surface area contributed by atoms with E-state index in [2.05, 4.69) is 15.6 Å². The molecule has 0 aliphatic heterocycles. The molecule has 1 heterocycles. The van der Waals surface area contributed by atoms with Crippen molar-refractivity contribution in [2.24, 2.45) is 0 Å². The van der Waals surface area contributed by atoms with Gasteiger partial charge in [-0.3, -0.25) is 10.1 Å². The van der Waals surface area contributed by atoms with Crippen molar-refractivity contribution in [1.29, 1.82) is 0 Å². The van der Waals surface area contributed by atoms with Crippen LogP contribution >= 0.6 is 23.6 Å². The van der Waals surface area contributed by atoms with Crippen LogP contribution in [0.2, 0.25) is 0 Å². The smallest absolute Gasteiger partial charge is 0.338 e. The van der Waals surface area contributed by atoms with Crippen molar-refractivity contribution in [3.05, 3.63) is 59.2 Å². The number of rotatable bonds is 4. The third kappa shape index (κ3) is 4.90. The van der Waals surface area contributed by atoms with Crippen LogP contribution in [0.5, 0.6) is 0 Å². The molecule has 2 aromatic carbocycles. The van der Waals surface area contributed by atoms with Crippen molar-refractivity contribution >= 4 is 55.9 Å². The molecule has 0 aliphatic carbocycles. The second kappa shape index (κ2) is 8.45. The predicted molar refractivity (Wildman–Crippen MR) is 115 cm³/mol. The molecular formula is C20H19N3O3S2. The number of esters is 1. The van der Waals surface area contributed by atoms with Crippen LogP contribution in [0, 0.1) is 6.92 Å². The zero-order chi connectivity index (χ0) is 20.3. The van der Waals surface area contributed by atoms with E-state index in [4.69, 9.17) is 17.0 Å². The number of thiocarbonyl (C=S) groups is 1. The number of aryl methyl sites for hydroxylation is 1. The van der Waals surface area contributed by atoms with Crippen molar-refractivity contribution in [3.8, 4) is 0 Å². The van der Waals surface area contributed by atoms with Crippen molar-refractivity contribution in [2.75, 3.05) is 5.32 Å². The van der Waals surface area contributed by atoms with Gasteiger partial charge in [0.05, 0.1) is 21.9 Å². The Morgan fingerprint density at radius 3 is 2.46 bits per heavy atom. The van der Waals surface area contributed by atoms with E-state index in [9.17, 15) is 9.59 Å². The fraction of sp³-hybridized carbons (Fsp3) is 0.200. The second-order valence-corrected chi connectivity index (χ2v) is 7.87. The van der Waals surface area contributed by atoms with Gasteiger partial charge in [0.2, 0.25) is 0 Å². The number of nitrogens with zero attached hydrogens (tertiary/aromatic N) is 1. The van der Waals surface area contributed by atoms with Crippen LogP contribution in [0.3, 0.4) is 0 Å². The molecule has 28 heavy (non-hydrogen) atoms. The van der Waals surface area contributed by atoms with Gasteiger partial charge in [0.15, 0.2) is 10.2 Å². The van der Waals surface area contributed by atoms with Crippen molar-refractivity contribution in [3.63, 3.8) is 0 Å². The van der Waals surface area contributed by atoms with Crippen LogP contribution < -0.4 is 10.6 Å². The van der Waals surface area contributed by atoms with Crippen molar-refractivity contribution in [2.45, 2.75) is 26.9 Å². The number of amides is 1. The Kier molecular flexibility index (Phi) is 6.01. The number of aromatic nitrogens is 1. The highest BCUT2D eigenvalue weighted by molar-refractivity contribution is 7.80. The number of ether oxygens (including phenoxy) is 1. The first-order valence-corrected chi connectivity index (χ1v) is 9.85. The monoisotopic (exact) mass is 413 g/mol. The van der Waals surface area contributed by atoms with Gasteiger partial charge >= 0.3 is 5.97 Å². The minimum atomic E-state index is -0.374. The Bertz CT molecular complexity index is 1040. The van der Waals surface area contributed by atoms with Crippen molar-refractivity contribution < 1.29 is 14.3 Å². The van der Waals surface area contributed by atoms with Gasteiger partial charge in [-0.2, -0.15) is 0 Å². The average Bonchev–Trinajstić information content (AvgIpc) is 3.02. The molecule has 144 valence electrons. The van der Waals surface area contributed by atoms with Gasteiger partial charge in [0.1, 0.15) is 0 Å². The van der Waals surface area contributed by atoms with Crippen LogP contribution in [0.25, 0.3) is 10.2 Å². The van der Waals surface area contributed by atoms with E-state index in [-0.39, 0.29) is 23.1 Å². The summed E-state index contributed by atoms with van der Waals surface area (Å²) >= 11 is 6.54. The summed E-state index contributed by atoms with van der Waals surface area (Å²) in [6, 6.07) is 12.4. The predicted octanol–water partition coefficient (Wildman–Crippen LogP) is 4.30. The Balaban J connectivity index is 1.68. The van der Waals surface area contributed by atoms with E-state index in [1.807, 2.05) is 19.1 Å². The fourth-order valence-electron chi connectivity index (χ4n) is 2.40. The van der Waals surface area contributed by atoms with E-state index in [1.54, 1.807) is 44.2 Å². The first-order chi connectivity index (χ1) is 13.3. The van der Waals surface area contributed by atoms with Gasteiger partial charge in [-0.25, -0.2) is 9.78 Å². The molecule has 0 fully saturated rings. The van der Waals surface area contributed by atoms with E-state index >= 15 is 0 Å². The Hall–Kier alpha value is -2.84. The van der Waals surface area contributed by atoms with E-state index < -0.39 is 0 Å². The zero-order valence-corrected chi connectivity index (χ0v) is 17.2. The molecule has 1 amide bonds. The summed E-state index contributed by atoms with van der Waals surface area (Å²) in [4.78, 5) is 28.7. The highest BCUT2D eigenvalue weighted by atomic mass is 32.1. The molecule has 1 aromatic heterocycles. The van der Waals surface area contributed by atoms with Crippen LogP contribution in [0.15, 0.2) is 42.5 Å². The summed E-state index contributed by atoms with van der Waals surface area (Å²) < 4.78 is 6.02. The third-order valence-electron chi connectivity index (χ3n) is 3.73. The Morgan fingerprint density at radius 1 is 1.11 bits per heavy atom. The number of hydrogen-bond donors (Lipinski definition) is 2. The summed E-state index contributed by atoms with van der Waals surface area (Å²) in [6.45, 7) is 5.56. The maximum absolute atomic E-state index is 12.2. The van der Waals surface area contributed by atoms with Crippen molar-refractivity contribution in [1.82, 2.24) is 10.3 Å². The minimum Gasteiger partial charge on any atom is -0.459 e. The number of thiazole rings is 1. The SMILES string of the molecule is Cc1ccc(C(=O)NC(=S)Nc2nc3ccc(C(=O)OC(C)C)cc3s2)cc1. The largest absolute Gasteiger partial charge is 0.459 e. The minimum absolute atomic E-state index is 0.157. The number of carbonyl (C=O) groups is 2. The van der Waals surface area contributed by atoms with Crippen LogP contribution in [-0.4, -0.2) is 28.1 Å². The molecule has 0 aliphatic rings. The summed E-state index contributed by atoms with van der Waals surface area (Å²) in [7, 11) is 0. The van der Waals surface area contributed by atoms with E-state index in [0.717, 1.165) is 15.8 Å². The molecule has 0 saturated heterocycles. The van der Waals surface area contributed by atoms with Crippen LogP contribution in [-0.2, 0) is 4.74 Å². The molecule has 0 radical (unpaired) electrons. The molecule has 2 N–H and O–H groups in total. The molecule has 8 heteroatoms. The van der Waals surface area contributed by atoms with E-state index in [1.165, 1.54) is 11.3 Å². The normalized spacial score (nSPS) is 10.7. The number of benzene rings is 2. The Labute approximate surface area is 171 Å². The summed E-state index contributed by atoms with van der Waals surface area (Å²) in [6.07, 6.45) is -0.184. The van der Waals surface area contributed by atoms with E-state index in [0.29, 0.717) is 16.3 Å². The molecule has 0 saturated carbocycles. The van der Waals surface area contributed by atoms with Crippen LogP contribution in [0.1, 0.15) is 40.1 Å². The number of carbonyl (C=O) groups excluding carboxylic acids is 2.